The summed E-state index contributed by atoms with van der Waals surface area (Å²) in [5.74, 6) is -0.00492. The zero-order valence-electron chi connectivity index (χ0n) is 9.29. The van der Waals surface area contributed by atoms with Crippen molar-refractivity contribution in [1.82, 2.24) is 0 Å². The molecule has 94 valence electrons. The lowest BCUT2D eigenvalue weighted by Gasteiger charge is -2.09. The quantitative estimate of drug-likeness (QED) is 0.854. The number of hydrogen-bond acceptors (Lipinski definition) is 2. The van der Waals surface area contributed by atoms with Crippen LogP contribution in [0.1, 0.15) is 5.56 Å². The largest absolute Gasteiger partial charge is 0.487 e. The Balaban J connectivity index is 2.11. The van der Waals surface area contributed by atoms with Crippen LogP contribution in [0.2, 0.25) is 10.0 Å². The van der Waals surface area contributed by atoms with Crippen LogP contribution in [0.4, 0.5) is 10.1 Å². The summed E-state index contributed by atoms with van der Waals surface area (Å²) in [7, 11) is 0. The maximum absolute atomic E-state index is 13.2. The highest BCUT2D eigenvalue weighted by atomic mass is 35.5. The first-order valence-electron chi connectivity index (χ1n) is 5.18. The maximum atomic E-state index is 13.2. The lowest BCUT2D eigenvalue weighted by atomic mass is 10.2. The van der Waals surface area contributed by atoms with Gasteiger partial charge < -0.3 is 10.5 Å². The summed E-state index contributed by atoms with van der Waals surface area (Å²) in [5.41, 5.74) is 6.87. The fourth-order valence-electron chi connectivity index (χ4n) is 1.42. The first-order valence-corrected chi connectivity index (χ1v) is 5.93. The molecule has 0 heterocycles. The zero-order chi connectivity index (χ0) is 13.1. The van der Waals surface area contributed by atoms with E-state index in [4.69, 9.17) is 33.7 Å². The van der Waals surface area contributed by atoms with Crippen molar-refractivity contribution in [2.75, 3.05) is 5.73 Å². The zero-order valence-corrected chi connectivity index (χ0v) is 10.8. The summed E-state index contributed by atoms with van der Waals surface area (Å²) in [5, 5.41) is 0.613. The summed E-state index contributed by atoms with van der Waals surface area (Å²) in [6, 6.07) is 9.43. The highest BCUT2D eigenvalue weighted by molar-refractivity contribution is 6.31. The molecule has 0 radical (unpaired) electrons. The molecule has 0 unspecified atom stereocenters. The number of hydrogen-bond donors (Lipinski definition) is 1. The van der Waals surface area contributed by atoms with Gasteiger partial charge >= 0.3 is 0 Å². The molecular formula is C13H10Cl2FNO. The van der Waals surface area contributed by atoms with E-state index in [2.05, 4.69) is 0 Å². The molecule has 0 amide bonds. The number of nitrogens with two attached hydrogens (primary N) is 1. The number of anilines is 1. The van der Waals surface area contributed by atoms with Gasteiger partial charge in [0.15, 0.2) is 0 Å². The van der Waals surface area contributed by atoms with Gasteiger partial charge in [-0.3, -0.25) is 0 Å². The van der Waals surface area contributed by atoms with Gasteiger partial charge in [0.05, 0.1) is 10.7 Å². The van der Waals surface area contributed by atoms with Crippen LogP contribution in [0, 0.1) is 5.82 Å². The third-order valence-corrected chi connectivity index (χ3v) is 2.90. The number of halogens is 3. The van der Waals surface area contributed by atoms with Gasteiger partial charge in [0.25, 0.3) is 0 Å². The van der Waals surface area contributed by atoms with Gasteiger partial charge in [0.2, 0.25) is 0 Å². The minimum Gasteiger partial charge on any atom is -0.487 e. The Labute approximate surface area is 114 Å². The third-order valence-electron chi connectivity index (χ3n) is 2.35. The molecule has 0 saturated carbocycles. The Morgan fingerprint density at radius 2 is 1.89 bits per heavy atom. The van der Waals surface area contributed by atoms with Crippen molar-refractivity contribution in [1.29, 1.82) is 0 Å². The minimum atomic E-state index is -0.475. The van der Waals surface area contributed by atoms with Gasteiger partial charge in [-0.1, -0.05) is 29.3 Å². The summed E-state index contributed by atoms with van der Waals surface area (Å²) >= 11 is 11.4. The highest BCUT2D eigenvalue weighted by Crippen LogP contribution is 2.26. The first kappa shape index (κ1) is 13.0. The summed E-state index contributed by atoms with van der Waals surface area (Å²) in [6.45, 7) is 0.193. The second kappa shape index (κ2) is 5.46. The van der Waals surface area contributed by atoms with E-state index in [0.29, 0.717) is 22.0 Å². The van der Waals surface area contributed by atoms with Crippen molar-refractivity contribution in [3.05, 3.63) is 57.8 Å². The van der Waals surface area contributed by atoms with E-state index in [0.717, 1.165) is 0 Å². The normalized spacial score (nSPS) is 10.4. The number of ether oxygens (including phenoxy) is 1. The lowest BCUT2D eigenvalue weighted by Crippen LogP contribution is -1.99. The Morgan fingerprint density at radius 1 is 1.11 bits per heavy atom. The summed E-state index contributed by atoms with van der Waals surface area (Å²) in [6.07, 6.45) is 0. The van der Waals surface area contributed by atoms with Crippen molar-refractivity contribution in [2.45, 2.75) is 6.61 Å². The van der Waals surface area contributed by atoms with Gasteiger partial charge in [0.1, 0.15) is 18.2 Å². The topological polar surface area (TPSA) is 35.2 Å². The fourth-order valence-corrected chi connectivity index (χ4v) is 1.70. The second-order valence-corrected chi connectivity index (χ2v) is 4.56. The third kappa shape index (κ3) is 3.06. The molecule has 0 aliphatic heterocycles. The van der Waals surface area contributed by atoms with Gasteiger partial charge in [0, 0.05) is 11.1 Å². The minimum absolute atomic E-state index is 0.0843. The van der Waals surface area contributed by atoms with Crippen LogP contribution in [0.3, 0.4) is 0 Å². The van der Waals surface area contributed by atoms with Crippen molar-refractivity contribution in [2.24, 2.45) is 0 Å². The number of rotatable bonds is 3. The van der Waals surface area contributed by atoms with E-state index < -0.39 is 5.82 Å². The average molecular weight is 286 g/mol. The smallest absolute Gasteiger partial charge is 0.144 e. The van der Waals surface area contributed by atoms with Gasteiger partial charge in [-0.05, 0) is 29.8 Å². The second-order valence-electron chi connectivity index (χ2n) is 3.72. The van der Waals surface area contributed by atoms with E-state index in [1.165, 1.54) is 12.1 Å². The molecule has 0 aliphatic carbocycles. The molecule has 2 aromatic rings. The van der Waals surface area contributed by atoms with E-state index in [1.807, 2.05) is 0 Å². The lowest BCUT2D eigenvalue weighted by molar-refractivity contribution is 0.307. The Bertz CT molecular complexity index is 575. The Morgan fingerprint density at radius 3 is 2.61 bits per heavy atom. The number of nitrogen functional groups attached to an aromatic ring is 1. The molecule has 0 atom stereocenters. The van der Waals surface area contributed by atoms with Crippen LogP contribution in [-0.2, 0) is 6.61 Å². The monoisotopic (exact) mass is 285 g/mol. The maximum Gasteiger partial charge on any atom is 0.144 e. The molecule has 0 bridgehead atoms. The predicted octanol–water partition coefficient (Wildman–Crippen LogP) is 4.29. The molecule has 2 aromatic carbocycles. The molecule has 5 heteroatoms. The van der Waals surface area contributed by atoms with Crippen LogP contribution >= 0.6 is 23.2 Å². The van der Waals surface area contributed by atoms with Gasteiger partial charge in [-0.15, -0.1) is 0 Å². The first-order chi connectivity index (χ1) is 8.56. The van der Waals surface area contributed by atoms with Crippen molar-refractivity contribution in [3.8, 4) is 5.75 Å². The predicted molar refractivity (Wildman–Crippen MR) is 71.6 cm³/mol. The molecule has 0 aromatic heterocycles. The van der Waals surface area contributed by atoms with Crippen LogP contribution < -0.4 is 10.5 Å². The molecule has 2 N–H and O–H groups in total. The van der Waals surface area contributed by atoms with E-state index in [1.54, 1.807) is 24.3 Å². The Kier molecular flexibility index (Phi) is 3.94. The molecule has 0 spiro atoms. The van der Waals surface area contributed by atoms with Crippen LogP contribution in [0.15, 0.2) is 36.4 Å². The average Bonchev–Trinajstić information content (AvgIpc) is 2.34. The molecule has 0 saturated heterocycles. The van der Waals surface area contributed by atoms with Crippen LogP contribution in [0.5, 0.6) is 5.75 Å². The van der Waals surface area contributed by atoms with Crippen molar-refractivity contribution < 1.29 is 9.13 Å². The number of benzene rings is 2. The highest BCUT2D eigenvalue weighted by Gasteiger charge is 2.04. The molecule has 0 fully saturated rings. The molecule has 0 aliphatic rings. The van der Waals surface area contributed by atoms with Gasteiger partial charge in [-0.25, -0.2) is 4.39 Å². The Hall–Kier alpha value is -1.45. The molecule has 2 nitrogen and oxygen atoms in total. The van der Waals surface area contributed by atoms with E-state index >= 15 is 0 Å². The van der Waals surface area contributed by atoms with E-state index in [-0.39, 0.29) is 11.6 Å². The van der Waals surface area contributed by atoms with Crippen LogP contribution in [0.25, 0.3) is 0 Å². The molecular weight excluding hydrogens is 276 g/mol. The van der Waals surface area contributed by atoms with Crippen molar-refractivity contribution in [3.63, 3.8) is 0 Å². The van der Waals surface area contributed by atoms with E-state index in [9.17, 15) is 4.39 Å². The standard InChI is InChI=1S/C13H10Cl2FNO/c14-9-2-4-12(17)13(6-9)18-7-8-1-3-10(15)11(16)5-8/h1-6H,7,17H2. The SMILES string of the molecule is Nc1ccc(Cl)cc1OCc1ccc(Cl)c(F)c1. The molecule has 2 rings (SSSR count). The summed E-state index contributed by atoms with van der Waals surface area (Å²) in [4.78, 5) is 0. The molecule has 18 heavy (non-hydrogen) atoms. The van der Waals surface area contributed by atoms with Crippen LogP contribution in [-0.4, -0.2) is 0 Å². The van der Waals surface area contributed by atoms with Gasteiger partial charge in [-0.2, -0.15) is 0 Å². The van der Waals surface area contributed by atoms with Crippen molar-refractivity contribution >= 4 is 28.9 Å². The summed E-state index contributed by atoms with van der Waals surface area (Å²) < 4.78 is 18.7. The fraction of sp³-hybridized carbons (Fsp3) is 0.0769.